The van der Waals surface area contributed by atoms with Crippen molar-refractivity contribution in [3.63, 3.8) is 0 Å². The van der Waals surface area contributed by atoms with Crippen molar-refractivity contribution >= 4 is 21.1 Å². The van der Waals surface area contributed by atoms with E-state index in [9.17, 15) is 4.55 Å². The van der Waals surface area contributed by atoms with E-state index in [-0.39, 0.29) is 0 Å². The van der Waals surface area contributed by atoms with Gasteiger partial charge in [0.05, 0.1) is 0 Å². The summed E-state index contributed by atoms with van der Waals surface area (Å²) in [6, 6.07) is 0. The third kappa shape index (κ3) is 1.28. The average Bonchev–Trinajstić information content (AvgIpc) is 2.11. The molecular formula is C5H6ClNO2S. The smallest absolute Gasteiger partial charge is 0.237 e. The molecule has 1 aromatic rings. The zero-order valence-electron chi connectivity index (χ0n) is 5.55. The van der Waals surface area contributed by atoms with Crippen molar-refractivity contribution in [2.24, 2.45) is 0 Å². The summed E-state index contributed by atoms with van der Waals surface area (Å²) in [6.45, 7) is 3.38. The second-order valence-corrected chi connectivity index (χ2v) is 3.57. The summed E-state index contributed by atoms with van der Waals surface area (Å²) in [5.41, 5.74) is 0.589. The van der Waals surface area contributed by atoms with Gasteiger partial charge in [-0.3, -0.25) is 0 Å². The van der Waals surface area contributed by atoms with Gasteiger partial charge in [0.1, 0.15) is 16.1 Å². The molecule has 0 saturated heterocycles. The molecule has 0 radical (unpaired) electrons. The molecule has 3 nitrogen and oxygen atoms in total. The fraction of sp³-hybridized carbons (Fsp3) is 0.400. The van der Waals surface area contributed by atoms with E-state index in [0.717, 1.165) is 0 Å². The van der Waals surface area contributed by atoms with Crippen molar-refractivity contribution in [3.05, 3.63) is 11.5 Å². The molecule has 5 heteroatoms. The molecule has 1 rings (SSSR count). The summed E-state index contributed by atoms with van der Waals surface area (Å²) in [6.07, 6.45) is 0. The van der Waals surface area contributed by atoms with Crippen LogP contribution in [0.4, 0.5) is 0 Å². The van der Waals surface area contributed by atoms with Crippen molar-refractivity contribution in [1.29, 1.82) is 0 Å². The molecule has 0 aliphatic carbocycles. The van der Waals surface area contributed by atoms with Gasteiger partial charge >= 0.3 is 0 Å². The molecule has 0 saturated carbocycles. The molecule has 0 spiro atoms. The molecule has 1 atom stereocenters. The Morgan fingerprint density at radius 2 is 2.20 bits per heavy atom. The Hall–Kier alpha value is -0.190. The van der Waals surface area contributed by atoms with Crippen LogP contribution >= 0.6 is 10.7 Å². The van der Waals surface area contributed by atoms with Gasteiger partial charge in [-0.05, 0) is 6.92 Å². The van der Waals surface area contributed by atoms with E-state index in [1.54, 1.807) is 13.8 Å². The van der Waals surface area contributed by atoms with Crippen molar-refractivity contribution < 1.29 is 9.08 Å². The summed E-state index contributed by atoms with van der Waals surface area (Å²) >= 11 is 0. The minimum Gasteiger partial charge on any atom is -0.594 e. The van der Waals surface area contributed by atoms with E-state index in [4.69, 9.17) is 15.2 Å². The van der Waals surface area contributed by atoms with Crippen LogP contribution in [0.15, 0.2) is 9.42 Å². The third-order valence-corrected chi connectivity index (χ3v) is 2.50. The number of halogens is 1. The van der Waals surface area contributed by atoms with Crippen LogP contribution in [0.1, 0.15) is 11.5 Å². The van der Waals surface area contributed by atoms with Crippen LogP contribution in [0.2, 0.25) is 0 Å². The predicted octanol–water partition coefficient (Wildman–Crippen LogP) is 1.55. The molecule has 10 heavy (non-hydrogen) atoms. The Kier molecular flexibility index (Phi) is 2.23. The topological polar surface area (TPSA) is 49.1 Å². The maximum absolute atomic E-state index is 10.7. The van der Waals surface area contributed by atoms with Gasteiger partial charge in [0, 0.05) is 6.92 Å². The summed E-state index contributed by atoms with van der Waals surface area (Å²) in [5.74, 6) is 0.519. The lowest BCUT2D eigenvalue weighted by atomic mass is 10.4. The minimum absolute atomic E-state index is 0.488. The van der Waals surface area contributed by atoms with Gasteiger partial charge in [-0.2, -0.15) is 0 Å². The van der Waals surface area contributed by atoms with Crippen LogP contribution in [0, 0.1) is 13.8 Å². The molecule has 56 valence electrons. The van der Waals surface area contributed by atoms with Crippen LogP contribution < -0.4 is 0 Å². The first-order chi connectivity index (χ1) is 4.63. The monoisotopic (exact) mass is 179 g/mol. The highest BCUT2D eigenvalue weighted by molar-refractivity contribution is 8.13. The molecule has 0 aliphatic rings. The average molecular weight is 180 g/mol. The fourth-order valence-corrected chi connectivity index (χ4v) is 1.90. The number of hydrogen-bond acceptors (Lipinski definition) is 3. The highest BCUT2D eigenvalue weighted by Crippen LogP contribution is 2.22. The van der Waals surface area contributed by atoms with E-state index in [1.807, 2.05) is 0 Å². The molecule has 1 heterocycles. The Morgan fingerprint density at radius 1 is 1.60 bits per heavy atom. The van der Waals surface area contributed by atoms with Gasteiger partial charge in [-0.1, -0.05) is 5.16 Å². The van der Waals surface area contributed by atoms with Crippen molar-refractivity contribution in [1.82, 2.24) is 5.16 Å². The van der Waals surface area contributed by atoms with Gasteiger partial charge in [-0.15, -0.1) is 0 Å². The molecule has 0 aromatic carbocycles. The van der Waals surface area contributed by atoms with Gasteiger partial charge in [0.15, 0.2) is 16.4 Å². The van der Waals surface area contributed by atoms with Crippen molar-refractivity contribution in [3.8, 4) is 0 Å². The molecule has 0 bridgehead atoms. The maximum atomic E-state index is 10.7. The van der Waals surface area contributed by atoms with E-state index in [2.05, 4.69) is 5.16 Å². The lowest BCUT2D eigenvalue weighted by molar-refractivity contribution is 0.391. The van der Waals surface area contributed by atoms with Gasteiger partial charge in [-0.25, -0.2) is 0 Å². The van der Waals surface area contributed by atoms with E-state index in [0.29, 0.717) is 16.3 Å². The highest BCUT2D eigenvalue weighted by Gasteiger charge is 2.20. The Bertz CT molecular complexity index is 216. The van der Waals surface area contributed by atoms with E-state index < -0.39 is 10.4 Å². The first-order valence-electron chi connectivity index (χ1n) is 2.64. The standard InChI is InChI=1S/C5H6ClNO2S/c1-3-5(10(6)8)4(2)9-7-3/h1-2H3. The quantitative estimate of drug-likeness (QED) is 0.615. The zero-order chi connectivity index (χ0) is 7.72. The summed E-state index contributed by atoms with van der Waals surface area (Å²) in [4.78, 5) is 0.488. The normalized spacial score (nSPS) is 13.6. The van der Waals surface area contributed by atoms with Crippen molar-refractivity contribution in [2.45, 2.75) is 18.7 Å². The minimum atomic E-state index is -1.51. The third-order valence-electron chi connectivity index (χ3n) is 1.13. The molecule has 1 unspecified atom stereocenters. The number of nitrogens with zero attached hydrogens (tertiary/aromatic N) is 1. The number of hydrogen-bond donors (Lipinski definition) is 0. The van der Waals surface area contributed by atoms with E-state index >= 15 is 0 Å². The SMILES string of the molecule is Cc1noc(C)c1[S+]([O-])Cl. The number of rotatable bonds is 1. The van der Waals surface area contributed by atoms with E-state index in [1.165, 1.54) is 0 Å². The van der Waals surface area contributed by atoms with Gasteiger partial charge < -0.3 is 9.08 Å². The summed E-state index contributed by atoms with van der Waals surface area (Å²) in [7, 11) is 3.82. The number of aryl methyl sites for hydroxylation is 2. The molecule has 0 fully saturated rings. The van der Waals surface area contributed by atoms with Crippen LogP contribution in [0.25, 0.3) is 0 Å². The first-order valence-corrected chi connectivity index (χ1v) is 4.61. The Labute approximate surface area is 66.0 Å². The second-order valence-electron chi connectivity index (χ2n) is 1.88. The molecular weight excluding hydrogens is 174 g/mol. The zero-order valence-corrected chi connectivity index (χ0v) is 7.12. The molecule has 0 N–H and O–H groups in total. The van der Waals surface area contributed by atoms with Crippen LogP contribution in [0.5, 0.6) is 0 Å². The number of aromatic nitrogens is 1. The van der Waals surface area contributed by atoms with Gasteiger partial charge in [0.25, 0.3) is 0 Å². The van der Waals surface area contributed by atoms with Crippen LogP contribution in [-0.2, 0) is 10.4 Å². The largest absolute Gasteiger partial charge is 0.594 e. The Morgan fingerprint density at radius 3 is 2.40 bits per heavy atom. The van der Waals surface area contributed by atoms with Crippen molar-refractivity contribution in [2.75, 3.05) is 0 Å². The first kappa shape index (κ1) is 7.91. The van der Waals surface area contributed by atoms with Gasteiger partial charge in [0.2, 0.25) is 4.90 Å². The Balaban J connectivity index is 3.10. The second kappa shape index (κ2) is 2.82. The highest BCUT2D eigenvalue weighted by atomic mass is 35.7. The summed E-state index contributed by atoms with van der Waals surface area (Å²) < 4.78 is 15.5. The van der Waals surface area contributed by atoms with Crippen LogP contribution in [0.3, 0.4) is 0 Å². The fourth-order valence-electron chi connectivity index (χ4n) is 0.704. The van der Waals surface area contributed by atoms with Crippen LogP contribution in [-0.4, -0.2) is 9.71 Å². The lowest BCUT2D eigenvalue weighted by Gasteiger charge is -1.94. The lowest BCUT2D eigenvalue weighted by Crippen LogP contribution is -1.93. The molecule has 0 aliphatic heterocycles. The maximum Gasteiger partial charge on any atom is 0.237 e. The summed E-state index contributed by atoms with van der Waals surface area (Å²) in [5, 5.41) is 3.58. The molecule has 1 aromatic heterocycles. The molecule has 0 amide bonds. The predicted molar refractivity (Wildman–Crippen MR) is 38.2 cm³/mol.